The fourth-order valence-corrected chi connectivity index (χ4v) is 4.45. The molecule has 1 heterocycles. The lowest BCUT2D eigenvalue weighted by atomic mass is 9.97. The van der Waals surface area contributed by atoms with Crippen molar-refractivity contribution < 1.29 is 9.59 Å². The summed E-state index contributed by atoms with van der Waals surface area (Å²) in [5.41, 5.74) is 5.94. The summed E-state index contributed by atoms with van der Waals surface area (Å²) in [5.74, 6) is -0.00560. The van der Waals surface area contributed by atoms with Crippen molar-refractivity contribution in [1.29, 1.82) is 0 Å². The van der Waals surface area contributed by atoms with E-state index >= 15 is 0 Å². The minimum Gasteiger partial charge on any atom is -0.352 e. The summed E-state index contributed by atoms with van der Waals surface area (Å²) in [7, 11) is 0. The van der Waals surface area contributed by atoms with Crippen molar-refractivity contribution in [3.05, 3.63) is 76.4 Å². The maximum atomic E-state index is 13.1. The first kappa shape index (κ1) is 20.4. The van der Waals surface area contributed by atoms with Gasteiger partial charge in [0.25, 0.3) is 11.8 Å². The molecule has 1 N–H and O–H groups in total. The van der Waals surface area contributed by atoms with Gasteiger partial charge in [0.1, 0.15) is 0 Å². The number of aryl methyl sites for hydroxylation is 2. The standard InChI is InChI=1S/C26H30N2O2/c1-19-7-5-10-23(17-19)26(30)28-16-6-11-21-18-22(12-13-24(21)28)25(29)27-15-14-20-8-3-2-4-9-20/h5,7-8,10,12-13,17-18H,2-4,6,9,11,14-16H2,1H3,(H,27,29). The van der Waals surface area contributed by atoms with E-state index in [2.05, 4.69) is 11.4 Å². The molecule has 0 spiro atoms. The molecule has 1 aliphatic carbocycles. The SMILES string of the molecule is Cc1cccc(C(=O)N2CCCc3cc(C(=O)NCCC4=CCCCC4)ccc32)c1. The number of hydrogen-bond acceptors (Lipinski definition) is 2. The molecular formula is C26H30N2O2. The molecule has 4 nitrogen and oxygen atoms in total. The number of fused-ring (bicyclic) bond motifs is 1. The Hall–Kier alpha value is -2.88. The zero-order chi connectivity index (χ0) is 20.9. The highest BCUT2D eigenvalue weighted by molar-refractivity contribution is 6.07. The molecule has 0 saturated carbocycles. The molecule has 0 aromatic heterocycles. The van der Waals surface area contributed by atoms with Gasteiger partial charge in [-0.25, -0.2) is 0 Å². The van der Waals surface area contributed by atoms with Crippen LogP contribution in [0.5, 0.6) is 0 Å². The van der Waals surface area contributed by atoms with E-state index in [1.165, 1.54) is 31.3 Å². The van der Waals surface area contributed by atoms with Crippen molar-refractivity contribution >= 4 is 17.5 Å². The predicted molar refractivity (Wildman–Crippen MR) is 121 cm³/mol. The second-order valence-electron chi connectivity index (χ2n) is 8.39. The predicted octanol–water partition coefficient (Wildman–Crippen LogP) is 5.21. The van der Waals surface area contributed by atoms with Crippen molar-refractivity contribution in [3.63, 3.8) is 0 Å². The maximum Gasteiger partial charge on any atom is 0.258 e. The smallest absolute Gasteiger partial charge is 0.258 e. The van der Waals surface area contributed by atoms with E-state index in [-0.39, 0.29) is 11.8 Å². The first-order chi connectivity index (χ1) is 14.6. The van der Waals surface area contributed by atoms with Crippen molar-refractivity contribution in [2.45, 2.75) is 51.9 Å². The number of hydrogen-bond donors (Lipinski definition) is 1. The van der Waals surface area contributed by atoms with Crippen LogP contribution < -0.4 is 10.2 Å². The van der Waals surface area contributed by atoms with Gasteiger partial charge in [0.05, 0.1) is 0 Å². The summed E-state index contributed by atoms with van der Waals surface area (Å²) in [6, 6.07) is 13.4. The summed E-state index contributed by atoms with van der Waals surface area (Å²) >= 11 is 0. The van der Waals surface area contributed by atoms with Gasteiger partial charge in [0, 0.05) is 29.9 Å². The Kier molecular flexibility index (Phi) is 6.32. The molecule has 0 bridgehead atoms. The lowest BCUT2D eigenvalue weighted by Gasteiger charge is -2.30. The van der Waals surface area contributed by atoms with Crippen LogP contribution in [0.25, 0.3) is 0 Å². The zero-order valence-electron chi connectivity index (χ0n) is 17.7. The summed E-state index contributed by atoms with van der Waals surface area (Å²) in [5, 5.41) is 3.06. The monoisotopic (exact) mass is 402 g/mol. The minimum atomic E-state index is -0.0312. The number of allylic oxidation sites excluding steroid dienone is 1. The molecule has 0 atom stereocenters. The average Bonchev–Trinajstić information content (AvgIpc) is 2.78. The normalized spacial score (nSPS) is 15.9. The summed E-state index contributed by atoms with van der Waals surface area (Å²) in [4.78, 5) is 27.6. The van der Waals surface area contributed by atoms with E-state index in [9.17, 15) is 9.59 Å². The largest absolute Gasteiger partial charge is 0.352 e. The van der Waals surface area contributed by atoms with Crippen LogP contribution in [-0.4, -0.2) is 24.9 Å². The van der Waals surface area contributed by atoms with Gasteiger partial charge >= 0.3 is 0 Å². The molecule has 30 heavy (non-hydrogen) atoms. The number of nitrogens with one attached hydrogen (secondary N) is 1. The molecule has 2 amide bonds. The van der Waals surface area contributed by atoms with Crippen LogP contribution in [0, 0.1) is 6.92 Å². The van der Waals surface area contributed by atoms with Gasteiger partial charge in [-0.05, 0) is 87.8 Å². The Labute approximate surface area is 179 Å². The summed E-state index contributed by atoms with van der Waals surface area (Å²) in [6.45, 7) is 3.39. The molecule has 156 valence electrons. The van der Waals surface area contributed by atoms with E-state index < -0.39 is 0 Å². The summed E-state index contributed by atoms with van der Waals surface area (Å²) in [6.07, 6.45) is 9.96. The maximum absolute atomic E-state index is 13.1. The van der Waals surface area contributed by atoms with Crippen LogP contribution in [-0.2, 0) is 6.42 Å². The summed E-state index contributed by atoms with van der Waals surface area (Å²) < 4.78 is 0. The van der Waals surface area contributed by atoms with Crippen molar-refractivity contribution in [1.82, 2.24) is 5.32 Å². The molecule has 2 aromatic carbocycles. The number of carbonyl (C=O) groups is 2. The molecule has 4 rings (SSSR count). The third kappa shape index (κ3) is 4.64. The second kappa shape index (κ2) is 9.29. The number of carbonyl (C=O) groups excluding carboxylic acids is 2. The van der Waals surface area contributed by atoms with Crippen LogP contribution in [0.4, 0.5) is 5.69 Å². The van der Waals surface area contributed by atoms with Gasteiger partial charge in [-0.2, -0.15) is 0 Å². The van der Waals surface area contributed by atoms with E-state index in [4.69, 9.17) is 0 Å². The van der Waals surface area contributed by atoms with E-state index in [0.717, 1.165) is 36.1 Å². The molecule has 1 aliphatic heterocycles. The van der Waals surface area contributed by atoms with Gasteiger partial charge in [-0.3, -0.25) is 9.59 Å². The van der Waals surface area contributed by atoms with Crippen molar-refractivity contribution in [2.24, 2.45) is 0 Å². The first-order valence-corrected chi connectivity index (χ1v) is 11.1. The van der Waals surface area contributed by atoms with Gasteiger partial charge in [0.15, 0.2) is 0 Å². The molecule has 2 aliphatic rings. The van der Waals surface area contributed by atoms with E-state index in [1.54, 1.807) is 0 Å². The number of rotatable bonds is 5. The topological polar surface area (TPSA) is 49.4 Å². The van der Waals surface area contributed by atoms with Crippen LogP contribution >= 0.6 is 0 Å². The lowest BCUT2D eigenvalue weighted by Crippen LogP contribution is -2.35. The second-order valence-corrected chi connectivity index (χ2v) is 8.39. The quantitative estimate of drug-likeness (QED) is 0.698. The van der Waals surface area contributed by atoms with Gasteiger partial charge in [-0.15, -0.1) is 0 Å². The number of benzene rings is 2. The van der Waals surface area contributed by atoms with Crippen LogP contribution in [0.2, 0.25) is 0 Å². The van der Waals surface area contributed by atoms with Crippen molar-refractivity contribution in [2.75, 3.05) is 18.0 Å². The molecule has 0 unspecified atom stereocenters. The Balaban J connectivity index is 1.44. The minimum absolute atomic E-state index is 0.0256. The fourth-order valence-electron chi connectivity index (χ4n) is 4.45. The van der Waals surface area contributed by atoms with E-state index in [0.29, 0.717) is 24.2 Å². The first-order valence-electron chi connectivity index (χ1n) is 11.1. The molecular weight excluding hydrogens is 372 g/mol. The molecule has 0 radical (unpaired) electrons. The Bertz CT molecular complexity index is 977. The van der Waals surface area contributed by atoms with Gasteiger partial charge in [-0.1, -0.05) is 29.3 Å². The van der Waals surface area contributed by atoms with Crippen LogP contribution in [0.3, 0.4) is 0 Å². The Morgan fingerprint density at radius 3 is 2.70 bits per heavy atom. The Morgan fingerprint density at radius 2 is 1.90 bits per heavy atom. The molecule has 0 saturated heterocycles. The lowest BCUT2D eigenvalue weighted by molar-refractivity contribution is 0.0953. The highest BCUT2D eigenvalue weighted by Gasteiger charge is 2.24. The number of amides is 2. The third-order valence-electron chi connectivity index (χ3n) is 6.09. The highest BCUT2D eigenvalue weighted by Crippen LogP contribution is 2.29. The zero-order valence-corrected chi connectivity index (χ0v) is 17.7. The molecule has 4 heteroatoms. The fraction of sp³-hybridized carbons (Fsp3) is 0.385. The average molecular weight is 403 g/mol. The Morgan fingerprint density at radius 1 is 1.00 bits per heavy atom. The van der Waals surface area contributed by atoms with E-state index in [1.807, 2.05) is 54.3 Å². The molecule has 2 aromatic rings. The van der Waals surface area contributed by atoms with Crippen LogP contribution in [0.1, 0.15) is 70.4 Å². The van der Waals surface area contributed by atoms with Crippen molar-refractivity contribution in [3.8, 4) is 0 Å². The number of nitrogens with zero attached hydrogens (tertiary/aromatic N) is 1. The van der Waals surface area contributed by atoms with Gasteiger partial charge < -0.3 is 10.2 Å². The van der Waals surface area contributed by atoms with Gasteiger partial charge in [0.2, 0.25) is 0 Å². The number of anilines is 1. The third-order valence-corrected chi connectivity index (χ3v) is 6.09. The molecule has 0 fully saturated rings. The highest BCUT2D eigenvalue weighted by atomic mass is 16.2. The van der Waals surface area contributed by atoms with Crippen LogP contribution in [0.15, 0.2) is 54.1 Å².